The Morgan fingerprint density at radius 2 is 1.93 bits per heavy atom. The number of non-ortho nitro benzene ring substituents is 1. The third-order valence-electron chi connectivity index (χ3n) is 4.66. The number of rotatable bonds is 5. The monoisotopic (exact) mass is 396 g/mol. The summed E-state index contributed by atoms with van der Waals surface area (Å²) in [6.45, 7) is 6.72. The first-order valence-electron chi connectivity index (χ1n) is 8.93. The Kier molecular flexibility index (Phi) is 7.15. The van der Waals surface area contributed by atoms with Crippen LogP contribution in [-0.2, 0) is 4.79 Å². The Bertz CT molecular complexity index is 725. The van der Waals surface area contributed by atoms with Crippen molar-refractivity contribution in [1.82, 2.24) is 15.1 Å². The Morgan fingerprint density at radius 3 is 2.52 bits per heavy atom. The molecule has 2 rings (SSSR count). The topological polar surface area (TPSA) is 95.8 Å². The Hall–Kier alpha value is -2.19. The first-order valence-corrected chi connectivity index (χ1v) is 9.30. The predicted octanol–water partition coefficient (Wildman–Crippen LogP) is 2.17. The molecule has 0 aromatic heterocycles. The van der Waals surface area contributed by atoms with Crippen molar-refractivity contribution in [2.24, 2.45) is 5.92 Å². The highest BCUT2D eigenvalue weighted by Gasteiger charge is 2.30. The lowest BCUT2D eigenvalue weighted by molar-refractivity contribution is -0.384. The Labute approximate surface area is 163 Å². The first kappa shape index (κ1) is 21.1. The van der Waals surface area contributed by atoms with Gasteiger partial charge in [0.1, 0.15) is 6.04 Å². The Morgan fingerprint density at radius 1 is 1.22 bits per heavy atom. The fourth-order valence-electron chi connectivity index (χ4n) is 3.00. The number of nitrogens with zero attached hydrogens (tertiary/aromatic N) is 3. The fourth-order valence-corrected chi connectivity index (χ4v) is 3.26. The van der Waals surface area contributed by atoms with E-state index in [1.54, 1.807) is 4.90 Å². The number of carbonyl (C=O) groups excluding carboxylic acids is 2. The molecule has 1 atom stereocenters. The van der Waals surface area contributed by atoms with Gasteiger partial charge in [0.25, 0.3) is 11.6 Å². The van der Waals surface area contributed by atoms with Crippen molar-refractivity contribution in [1.29, 1.82) is 0 Å². The lowest BCUT2D eigenvalue weighted by Crippen LogP contribution is -2.52. The summed E-state index contributed by atoms with van der Waals surface area (Å²) >= 11 is 6.03. The van der Waals surface area contributed by atoms with Crippen LogP contribution in [0.15, 0.2) is 18.2 Å². The van der Waals surface area contributed by atoms with E-state index < -0.39 is 16.9 Å². The van der Waals surface area contributed by atoms with Gasteiger partial charge in [0.2, 0.25) is 5.91 Å². The van der Waals surface area contributed by atoms with Gasteiger partial charge < -0.3 is 15.1 Å². The van der Waals surface area contributed by atoms with Gasteiger partial charge >= 0.3 is 0 Å². The summed E-state index contributed by atoms with van der Waals surface area (Å²) in [5.41, 5.74) is -0.0851. The largest absolute Gasteiger partial charge is 0.340 e. The molecule has 0 spiro atoms. The molecule has 1 saturated heterocycles. The van der Waals surface area contributed by atoms with E-state index in [0.717, 1.165) is 25.6 Å². The number of likely N-dealkylation sites (N-methyl/N-ethyl adjacent to an activating group) is 1. The summed E-state index contributed by atoms with van der Waals surface area (Å²) in [6.07, 6.45) is 0.884. The third kappa shape index (κ3) is 5.40. The van der Waals surface area contributed by atoms with E-state index >= 15 is 0 Å². The number of amides is 2. The van der Waals surface area contributed by atoms with Crippen molar-refractivity contribution in [3.05, 3.63) is 38.9 Å². The van der Waals surface area contributed by atoms with E-state index in [2.05, 4.69) is 10.2 Å². The van der Waals surface area contributed by atoms with Gasteiger partial charge in [0.05, 0.1) is 15.5 Å². The van der Waals surface area contributed by atoms with E-state index in [4.69, 9.17) is 11.6 Å². The number of nitro benzene ring substituents is 1. The zero-order valence-electron chi connectivity index (χ0n) is 15.8. The molecule has 1 unspecified atom stereocenters. The molecule has 0 bridgehead atoms. The molecule has 27 heavy (non-hydrogen) atoms. The zero-order chi connectivity index (χ0) is 20.1. The molecule has 0 saturated carbocycles. The molecule has 1 heterocycles. The lowest BCUT2D eigenvalue weighted by atomic mass is 10.0. The summed E-state index contributed by atoms with van der Waals surface area (Å²) in [5, 5.41) is 13.5. The molecular weight excluding hydrogens is 372 g/mol. The van der Waals surface area contributed by atoms with Gasteiger partial charge in [-0.3, -0.25) is 19.7 Å². The second kappa shape index (κ2) is 9.14. The highest BCUT2D eigenvalue weighted by Crippen LogP contribution is 2.23. The summed E-state index contributed by atoms with van der Waals surface area (Å²) in [4.78, 5) is 39.8. The van der Waals surface area contributed by atoms with Crippen LogP contribution in [0.1, 0.15) is 30.6 Å². The number of halogens is 1. The van der Waals surface area contributed by atoms with Crippen molar-refractivity contribution < 1.29 is 14.5 Å². The van der Waals surface area contributed by atoms with Gasteiger partial charge in [-0.25, -0.2) is 0 Å². The minimum Gasteiger partial charge on any atom is -0.340 e. The lowest BCUT2D eigenvalue weighted by Gasteiger charge is -2.29. The molecule has 0 aliphatic carbocycles. The normalized spacial score (nSPS) is 16.7. The van der Waals surface area contributed by atoms with E-state index in [-0.39, 0.29) is 28.1 Å². The highest BCUT2D eigenvalue weighted by atomic mass is 35.5. The molecule has 1 aliphatic rings. The van der Waals surface area contributed by atoms with Crippen molar-refractivity contribution in [3.8, 4) is 0 Å². The zero-order valence-corrected chi connectivity index (χ0v) is 16.5. The van der Waals surface area contributed by atoms with Crippen LogP contribution in [0, 0.1) is 16.0 Å². The maximum absolute atomic E-state index is 13.0. The molecule has 2 amide bonds. The Balaban J connectivity index is 2.14. The van der Waals surface area contributed by atoms with Gasteiger partial charge in [-0.2, -0.15) is 0 Å². The minimum atomic E-state index is -0.688. The first-order chi connectivity index (χ1) is 12.7. The van der Waals surface area contributed by atoms with Crippen LogP contribution in [-0.4, -0.2) is 65.8 Å². The van der Waals surface area contributed by atoms with Crippen LogP contribution in [0.4, 0.5) is 5.69 Å². The molecule has 1 fully saturated rings. The van der Waals surface area contributed by atoms with Crippen molar-refractivity contribution in [2.75, 3.05) is 33.2 Å². The quantitative estimate of drug-likeness (QED) is 0.607. The average Bonchev–Trinajstić information content (AvgIpc) is 2.83. The molecule has 1 N–H and O–H groups in total. The van der Waals surface area contributed by atoms with Crippen LogP contribution in [0.3, 0.4) is 0 Å². The van der Waals surface area contributed by atoms with E-state index in [1.165, 1.54) is 12.1 Å². The smallest absolute Gasteiger partial charge is 0.270 e. The standard InChI is InChI=1S/C18H25ClN4O4/c1-12(2)16(18(25)22-8-4-7-21(3)9-10-22)20-17(24)14-6-5-13(23(26)27)11-15(14)19/h5-6,11-12,16H,4,7-10H2,1-3H3,(H,20,24). The highest BCUT2D eigenvalue weighted by molar-refractivity contribution is 6.34. The molecule has 148 valence electrons. The summed E-state index contributed by atoms with van der Waals surface area (Å²) in [6, 6.07) is 2.97. The van der Waals surface area contributed by atoms with Gasteiger partial charge in [-0.15, -0.1) is 0 Å². The predicted molar refractivity (Wildman–Crippen MR) is 103 cm³/mol. The van der Waals surface area contributed by atoms with Gasteiger partial charge in [-0.05, 0) is 32.0 Å². The fraction of sp³-hybridized carbons (Fsp3) is 0.556. The molecular formula is C18H25ClN4O4. The summed E-state index contributed by atoms with van der Waals surface area (Å²) < 4.78 is 0. The number of carbonyl (C=O) groups is 2. The number of hydrogen-bond donors (Lipinski definition) is 1. The molecule has 9 heteroatoms. The van der Waals surface area contributed by atoms with Crippen LogP contribution >= 0.6 is 11.6 Å². The number of nitrogens with one attached hydrogen (secondary N) is 1. The summed E-state index contributed by atoms with van der Waals surface area (Å²) in [7, 11) is 2.02. The van der Waals surface area contributed by atoms with Crippen LogP contribution in [0.2, 0.25) is 5.02 Å². The number of benzene rings is 1. The van der Waals surface area contributed by atoms with Gasteiger partial charge in [0.15, 0.2) is 0 Å². The second-order valence-corrected chi connectivity index (χ2v) is 7.51. The van der Waals surface area contributed by atoms with Crippen molar-refractivity contribution in [2.45, 2.75) is 26.3 Å². The van der Waals surface area contributed by atoms with Crippen molar-refractivity contribution in [3.63, 3.8) is 0 Å². The van der Waals surface area contributed by atoms with E-state index in [1.807, 2.05) is 20.9 Å². The van der Waals surface area contributed by atoms with E-state index in [9.17, 15) is 19.7 Å². The molecule has 8 nitrogen and oxygen atoms in total. The third-order valence-corrected chi connectivity index (χ3v) is 4.97. The molecule has 1 aromatic carbocycles. The SMILES string of the molecule is CC(C)C(NC(=O)c1ccc([N+](=O)[O-])cc1Cl)C(=O)N1CCCN(C)CC1. The maximum atomic E-state index is 13.0. The number of hydrogen-bond acceptors (Lipinski definition) is 5. The molecule has 1 aliphatic heterocycles. The molecule has 0 radical (unpaired) electrons. The summed E-state index contributed by atoms with van der Waals surface area (Å²) in [5.74, 6) is -0.750. The van der Waals surface area contributed by atoms with Crippen LogP contribution in [0.25, 0.3) is 0 Å². The van der Waals surface area contributed by atoms with Gasteiger partial charge in [0, 0.05) is 31.8 Å². The van der Waals surface area contributed by atoms with Crippen molar-refractivity contribution >= 4 is 29.1 Å². The van der Waals surface area contributed by atoms with E-state index in [0.29, 0.717) is 13.1 Å². The minimum absolute atomic E-state index is 0.0203. The van der Waals surface area contributed by atoms with Crippen LogP contribution < -0.4 is 5.32 Å². The maximum Gasteiger partial charge on any atom is 0.270 e. The van der Waals surface area contributed by atoms with Crippen LogP contribution in [0.5, 0.6) is 0 Å². The molecule has 1 aromatic rings. The van der Waals surface area contributed by atoms with Gasteiger partial charge in [-0.1, -0.05) is 25.4 Å². The number of nitro groups is 1. The second-order valence-electron chi connectivity index (χ2n) is 7.10. The average molecular weight is 397 g/mol.